The van der Waals surface area contributed by atoms with Gasteiger partial charge in [0.2, 0.25) is 5.82 Å². The molecule has 0 radical (unpaired) electrons. The fourth-order valence-corrected chi connectivity index (χ4v) is 1.24. The topological polar surface area (TPSA) is 90.6 Å². The van der Waals surface area contributed by atoms with Crippen molar-refractivity contribution in [3.63, 3.8) is 0 Å². The van der Waals surface area contributed by atoms with Crippen LogP contribution in [0.15, 0.2) is 35.1 Å². The van der Waals surface area contributed by atoms with Gasteiger partial charge >= 0.3 is 5.69 Å². The summed E-state index contributed by atoms with van der Waals surface area (Å²) in [5.74, 6) is -0.428. The number of rotatable bonds is 3. The lowest BCUT2D eigenvalue weighted by Gasteiger charge is -2.01. The third-order valence-electron chi connectivity index (χ3n) is 2.01. The number of aromatic nitrogens is 3. The number of carbonyl (C=O) groups is 1. The molecule has 0 saturated carbocycles. The first-order valence-corrected chi connectivity index (χ1v) is 4.72. The summed E-state index contributed by atoms with van der Waals surface area (Å²) in [7, 11) is 0. The molecule has 0 atom stereocenters. The van der Waals surface area contributed by atoms with Gasteiger partial charge in [-0.15, -0.1) is 5.10 Å². The lowest BCUT2D eigenvalue weighted by Crippen LogP contribution is -2.24. The molecule has 3 N–H and O–H groups in total. The zero-order chi connectivity index (χ0) is 11.4. The number of benzene rings is 1. The van der Waals surface area contributed by atoms with E-state index in [1.165, 1.54) is 0 Å². The van der Waals surface area contributed by atoms with Gasteiger partial charge in [-0.2, -0.15) is 0 Å². The van der Waals surface area contributed by atoms with Crippen molar-refractivity contribution in [2.45, 2.75) is 6.54 Å². The summed E-state index contributed by atoms with van der Waals surface area (Å²) < 4.78 is 0. The van der Waals surface area contributed by atoms with Gasteiger partial charge in [-0.05, 0) is 5.56 Å². The Labute approximate surface area is 90.7 Å². The zero-order valence-electron chi connectivity index (χ0n) is 8.36. The van der Waals surface area contributed by atoms with Crippen molar-refractivity contribution in [3.8, 4) is 0 Å². The highest BCUT2D eigenvalue weighted by Crippen LogP contribution is 1.97. The third kappa shape index (κ3) is 2.35. The maximum absolute atomic E-state index is 11.5. The van der Waals surface area contributed by atoms with Crippen LogP contribution in [0.1, 0.15) is 16.2 Å². The summed E-state index contributed by atoms with van der Waals surface area (Å²) in [5, 5.41) is 8.29. The Hall–Kier alpha value is -2.37. The minimum atomic E-state index is -0.495. The molecule has 0 saturated heterocycles. The standard InChI is InChI=1S/C10H10N4O2/c15-9(8-12-10(16)14-13-8)11-6-7-4-2-1-3-5-7/h1-5H,6H2,(H,11,15)(H2,12,13,14,16). The van der Waals surface area contributed by atoms with Crippen molar-refractivity contribution in [2.75, 3.05) is 0 Å². The van der Waals surface area contributed by atoms with E-state index in [0.29, 0.717) is 6.54 Å². The quantitative estimate of drug-likeness (QED) is 0.678. The van der Waals surface area contributed by atoms with E-state index < -0.39 is 11.6 Å². The molecule has 6 nitrogen and oxygen atoms in total. The van der Waals surface area contributed by atoms with E-state index in [4.69, 9.17) is 0 Å². The molecule has 0 aliphatic heterocycles. The Morgan fingerprint density at radius 1 is 1.31 bits per heavy atom. The van der Waals surface area contributed by atoms with Crippen molar-refractivity contribution >= 4 is 5.91 Å². The summed E-state index contributed by atoms with van der Waals surface area (Å²) in [6.07, 6.45) is 0. The molecule has 2 aromatic rings. The average Bonchev–Trinajstić information content (AvgIpc) is 2.74. The number of H-pyrrole nitrogens is 2. The van der Waals surface area contributed by atoms with Gasteiger partial charge in [0.1, 0.15) is 0 Å². The lowest BCUT2D eigenvalue weighted by atomic mass is 10.2. The molecule has 6 heteroatoms. The number of nitrogens with zero attached hydrogens (tertiary/aromatic N) is 1. The van der Waals surface area contributed by atoms with Crippen LogP contribution in [0.5, 0.6) is 0 Å². The second-order valence-corrected chi connectivity index (χ2v) is 3.19. The van der Waals surface area contributed by atoms with E-state index in [2.05, 4.69) is 20.5 Å². The van der Waals surface area contributed by atoms with Crippen molar-refractivity contribution in [2.24, 2.45) is 0 Å². The molecule has 0 aliphatic carbocycles. The van der Waals surface area contributed by atoms with Gasteiger partial charge in [-0.1, -0.05) is 30.3 Å². The molecular weight excluding hydrogens is 208 g/mol. The van der Waals surface area contributed by atoms with Crippen LogP contribution in [0.25, 0.3) is 0 Å². The van der Waals surface area contributed by atoms with Crippen LogP contribution in [-0.4, -0.2) is 21.1 Å². The van der Waals surface area contributed by atoms with Crippen LogP contribution in [0.4, 0.5) is 0 Å². The van der Waals surface area contributed by atoms with Crippen LogP contribution in [0, 0.1) is 0 Å². The normalized spacial score (nSPS) is 10.0. The van der Waals surface area contributed by atoms with Gasteiger partial charge in [-0.25, -0.2) is 9.89 Å². The lowest BCUT2D eigenvalue weighted by molar-refractivity contribution is 0.0941. The van der Waals surface area contributed by atoms with E-state index in [0.717, 1.165) is 5.56 Å². The minimum Gasteiger partial charge on any atom is -0.345 e. The molecule has 0 unspecified atom stereocenters. The summed E-state index contributed by atoms with van der Waals surface area (Å²) >= 11 is 0. The number of nitrogens with one attached hydrogen (secondary N) is 3. The predicted octanol–water partition coefficient (Wildman–Crippen LogP) is 0.0280. The van der Waals surface area contributed by atoms with E-state index in [-0.39, 0.29) is 5.82 Å². The largest absolute Gasteiger partial charge is 0.345 e. The Morgan fingerprint density at radius 2 is 2.06 bits per heavy atom. The van der Waals surface area contributed by atoms with Crippen LogP contribution < -0.4 is 11.0 Å². The van der Waals surface area contributed by atoms with E-state index in [1.54, 1.807) is 0 Å². The second kappa shape index (κ2) is 4.43. The van der Waals surface area contributed by atoms with Gasteiger partial charge in [0.15, 0.2) is 0 Å². The molecule has 16 heavy (non-hydrogen) atoms. The summed E-state index contributed by atoms with van der Waals surface area (Å²) in [6.45, 7) is 0.397. The molecule has 82 valence electrons. The Morgan fingerprint density at radius 3 is 2.69 bits per heavy atom. The van der Waals surface area contributed by atoms with Gasteiger partial charge < -0.3 is 5.32 Å². The first-order valence-electron chi connectivity index (χ1n) is 4.72. The first kappa shape index (κ1) is 10.2. The maximum Gasteiger partial charge on any atom is 0.341 e. The Balaban J connectivity index is 1.97. The number of aromatic amines is 2. The summed E-state index contributed by atoms with van der Waals surface area (Å²) in [6, 6.07) is 9.47. The highest BCUT2D eigenvalue weighted by molar-refractivity contribution is 5.90. The van der Waals surface area contributed by atoms with Crippen LogP contribution in [0.3, 0.4) is 0 Å². The Kier molecular flexibility index (Phi) is 2.81. The van der Waals surface area contributed by atoms with E-state index >= 15 is 0 Å². The smallest absolute Gasteiger partial charge is 0.341 e. The van der Waals surface area contributed by atoms with Gasteiger partial charge in [0, 0.05) is 6.54 Å². The highest BCUT2D eigenvalue weighted by Gasteiger charge is 2.08. The highest BCUT2D eigenvalue weighted by atomic mass is 16.2. The molecular formula is C10H10N4O2. The molecule has 1 amide bonds. The second-order valence-electron chi connectivity index (χ2n) is 3.19. The zero-order valence-corrected chi connectivity index (χ0v) is 8.36. The predicted molar refractivity (Wildman–Crippen MR) is 56.8 cm³/mol. The number of hydrogen-bond acceptors (Lipinski definition) is 3. The molecule has 1 heterocycles. The van der Waals surface area contributed by atoms with Gasteiger partial charge in [0.05, 0.1) is 0 Å². The molecule has 0 bridgehead atoms. The number of amides is 1. The fourth-order valence-electron chi connectivity index (χ4n) is 1.24. The number of hydrogen-bond donors (Lipinski definition) is 3. The molecule has 0 spiro atoms. The number of carbonyl (C=O) groups excluding carboxylic acids is 1. The summed E-state index contributed by atoms with van der Waals surface area (Å²) in [5.41, 5.74) is 0.485. The first-order chi connectivity index (χ1) is 7.75. The molecule has 1 aromatic heterocycles. The van der Waals surface area contributed by atoms with E-state index in [9.17, 15) is 9.59 Å². The van der Waals surface area contributed by atoms with Crippen LogP contribution in [-0.2, 0) is 6.54 Å². The Bertz CT molecular complexity index is 529. The minimum absolute atomic E-state index is 0.0130. The average molecular weight is 218 g/mol. The SMILES string of the molecule is O=C(NCc1ccccc1)c1n[nH]c(=O)[nH]1. The monoisotopic (exact) mass is 218 g/mol. The van der Waals surface area contributed by atoms with Crippen molar-refractivity contribution < 1.29 is 4.79 Å². The van der Waals surface area contributed by atoms with Crippen LogP contribution >= 0.6 is 0 Å². The van der Waals surface area contributed by atoms with Crippen molar-refractivity contribution in [3.05, 3.63) is 52.2 Å². The van der Waals surface area contributed by atoms with Crippen molar-refractivity contribution in [1.29, 1.82) is 0 Å². The van der Waals surface area contributed by atoms with Crippen LogP contribution in [0.2, 0.25) is 0 Å². The molecule has 0 fully saturated rings. The van der Waals surface area contributed by atoms with Gasteiger partial charge in [-0.3, -0.25) is 9.78 Å². The fraction of sp³-hybridized carbons (Fsp3) is 0.100. The molecule has 1 aromatic carbocycles. The molecule has 2 rings (SSSR count). The molecule has 0 aliphatic rings. The van der Waals surface area contributed by atoms with Crippen molar-refractivity contribution in [1.82, 2.24) is 20.5 Å². The van der Waals surface area contributed by atoms with Gasteiger partial charge in [0.25, 0.3) is 5.91 Å². The summed E-state index contributed by atoms with van der Waals surface area (Å²) in [4.78, 5) is 24.5. The maximum atomic E-state index is 11.5. The van der Waals surface area contributed by atoms with E-state index in [1.807, 2.05) is 30.3 Å². The third-order valence-corrected chi connectivity index (χ3v) is 2.01.